The molecule has 4 rings (SSSR count). The maximum atomic E-state index is 5.47. The number of benzene rings is 1. The highest BCUT2D eigenvalue weighted by Crippen LogP contribution is 2.33. The maximum absolute atomic E-state index is 5.47. The van der Waals surface area contributed by atoms with Gasteiger partial charge in [-0.2, -0.15) is 0 Å². The van der Waals surface area contributed by atoms with Gasteiger partial charge in [-0.25, -0.2) is 4.98 Å². The molecule has 2 aliphatic heterocycles. The molecule has 0 N–H and O–H groups in total. The summed E-state index contributed by atoms with van der Waals surface area (Å²) in [5.41, 5.74) is 4.05. The number of morpholine rings is 1. The molecule has 2 aromatic rings. The van der Waals surface area contributed by atoms with E-state index in [0.29, 0.717) is 6.04 Å². The molecule has 0 saturated carbocycles. The number of rotatable bonds is 4. The van der Waals surface area contributed by atoms with Crippen LogP contribution in [0, 0.1) is 6.92 Å². The average molecular weight is 351 g/mol. The van der Waals surface area contributed by atoms with Gasteiger partial charge in [-0.3, -0.25) is 4.90 Å². The summed E-state index contributed by atoms with van der Waals surface area (Å²) < 4.78 is 5.47. The van der Waals surface area contributed by atoms with E-state index in [1.807, 2.05) is 0 Å². The fourth-order valence-electron chi connectivity index (χ4n) is 4.25. The lowest BCUT2D eigenvalue weighted by Gasteiger charge is -2.36. The second kappa shape index (κ2) is 8.19. The monoisotopic (exact) mass is 351 g/mol. The fraction of sp³-hybridized carbons (Fsp3) is 0.500. The van der Waals surface area contributed by atoms with E-state index < -0.39 is 0 Å². The van der Waals surface area contributed by atoms with Gasteiger partial charge in [-0.05, 0) is 49.1 Å². The van der Waals surface area contributed by atoms with E-state index in [-0.39, 0.29) is 0 Å². The van der Waals surface area contributed by atoms with E-state index >= 15 is 0 Å². The normalized spacial score (nSPS) is 21.7. The van der Waals surface area contributed by atoms with Gasteiger partial charge < -0.3 is 9.64 Å². The third kappa shape index (κ3) is 3.92. The van der Waals surface area contributed by atoms with Crippen LogP contribution in [0.15, 0.2) is 42.6 Å². The second-order valence-corrected chi connectivity index (χ2v) is 7.48. The lowest BCUT2D eigenvalue weighted by molar-refractivity contribution is 0.122. The van der Waals surface area contributed by atoms with Crippen LogP contribution >= 0.6 is 0 Å². The summed E-state index contributed by atoms with van der Waals surface area (Å²) in [6.45, 7) is 7.88. The number of anilines is 1. The van der Waals surface area contributed by atoms with Crippen LogP contribution < -0.4 is 4.90 Å². The minimum atomic E-state index is 0.480. The average Bonchev–Trinajstić information content (AvgIpc) is 2.70. The van der Waals surface area contributed by atoms with E-state index in [1.54, 1.807) is 0 Å². The molecule has 4 nitrogen and oxygen atoms in total. The van der Waals surface area contributed by atoms with E-state index in [9.17, 15) is 0 Å². The van der Waals surface area contributed by atoms with Crippen molar-refractivity contribution in [1.29, 1.82) is 0 Å². The summed E-state index contributed by atoms with van der Waals surface area (Å²) in [5, 5.41) is 0. The Labute approximate surface area is 156 Å². The molecular weight excluding hydrogens is 322 g/mol. The summed E-state index contributed by atoms with van der Waals surface area (Å²) in [6, 6.07) is 13.7. The zero-order valence-corrected chi connectivity index (χ0v) is 15.7. The standard InChI is InChI=1S/C22H29N3O/c1-18-15-20(16-23-22(18)24-11-13-26-14-12-24)21-9-5-6-10-25(21)17-19-7-3-2-4-8-19/h2-4,7-8,15-16,21H,5-6,9-14,17H2,1H3/t21-/m1/s1. The second-order valence-electron chi connectivity index (χ2n) is 7.48. The van der Waals surface area contributed by atoms with Gasteiger partial charge in [-0.1, -0.05) is 36.8 Å². The first kappa shape index (κ1) is 17.5. The van der Waals surface area contributed by atoms with E-state index in [0.717, 1.165) is 38.7 Å². The van der Waals surface area contributed by atoms with Gasteiger partial charge in [-0.15, -0.1) is 0 Å². The molecule has 2 fully saturated rings. The number of hydrogen-bond donors (Lipinski definition) is 0. The Morgan fingerprint density at radius 1 is 1.08 bits per heavy atom. The Kier molecular flexibility index (Phi) is 5.51. The summed E-state index contributed by atoms with van der Waals surface area (Å²) >= 11 is 0. The predicted octanol–water partition coefficient (Wildman–Crippen LogP) is 3.95. The molecule has 1 atom stereocenters. The van der Waals surface area contributed by atoms with E-state index in [1.165, 1.54) is 42.5 Å². The first-order valence-corrected chi connectivity index (χ1v) is 9.88. The van der Waals surface area contributed by atoms with E-state index in [4.69, 9.17) is 9.72 Å². The van der Waals surface area contributed by atoms with Gasteiger partial charge in [0.25, 0.3) is 0 Å². The lowest BCUT2D eigenvalue weighted by atomic mass is 9.95. The van der Waals surface area contributed by atoms with Crippen molar-refractivity contribution in [1.82, 2.24) is 9.88 Å². The number of aryl methyl sites for hydroxylation is 1. The molecule has 0 aliphatic carbocycles. The highest BCUT2D eigenvalue weighted by atomic mass is 16.5. The van der Waals surface area contributed by atoms with Crippen molar-refractivity contribution in [3.05, 3.63) is 59.3 Å². The van der Waals surface area contributed by atoms with Crippen LogP contribution in [-0.4, -0.2) is 42.7 Å². The summed E-state index contributed by atoms with van der Waals surface area (Å²) in [4.78, 5) is 9.84. The van der Waals surface area contributed by atoms with Crippen LogP contribution in [0.4, 0.5) is 5.82 Å². The Morgan fingerprint density at radius 3 is 2.65 bits per heavy atom. The quantitative estimate of drug-likeness (QED) is 0.834. The van der Waals surface area contributed by atoms with Gasteiger partial charge in [0.15, 0.2) is 0 Å². The van der Waals surface area contributed by atoms with Crippen molar-refractivity contribution < 1.29 is 4.74 Å². The molecule has 2 aliphatic rings. The van der Waals surface area contributed by atoms with Crippen LogP contribution in [0.3, 0.4) is 0 Å². The number of hydrogen-bond acceptors (Lipinski definition) is 4. The Morgan fingerprint density at radius 2 is 1.88 bits per heavy atom. The Hall–Kier alpha value is -1.91. The Bertz CT molecular complexity index is 713. The van der Waals surface area contributed by atoms with E-state index in [2.05, 4.69) is 59.3 Å². The van der Waals surface area contributed by atoms with Gasteiger partial charge in [0.1, 0.15) is 5.82 Å². The first-order valence-electron chi connectivity index (χ1n) is 9.88. The topological polar surface area (TPSA) is 28.6 Å². The number of piperidine rings is 1. The lowest BCUT2D eigenvalue weighted by Crippen LogP contribution is -2.37. The van der Waals surface area contributed by atoms with Crippen LogP contribution in [-0.2, 0) is 11.3 Å². The van der Waals surface area contributed by atoms with Crippen molar-refractivity contribution in [2.75, 3.05) is 37.7 Å². The maximum Gasteiger partial charge on any atom is 0.131 e. The van der Waals surface area contributed by atoms with Crippen molar-refractivity contribution in [3.8, 4) is 0 Å². The van der Waals surface area contributed by atoms with Crippen LogP contribution in [0.1, 0.15) is 42.0 Å². The van der Waals surface area contributed by atoms with Crippen molar-refractivity contribution >= 4 is 5.82 Å². The molecule has 3 heterocycles. The van der Waals surface area contributed by atoms with Gasteiger partial charge in [0.2, 0.25) is 0 Å². The zero-order chi connectivity index (χ0) is 17.8. The largest absolute Gasteiger partial charge is 0.378 e. The van der Waals surface area contributed by atoms with Crippen LogP contribution in [0.25, 0.3) is 0 Å². The molecule has 0 bridgehead atoms. The SMILES string of the molecule is Cc1cc([C@H]2CCCCN2Cc2ccccc2)cnc1N1CCOCC1. The minimum absolute atomic E-state index is 0.480. The number of pyridine rings is 1. The van der Waals surface area contributed by atoms with Crippen molar-refractivity contribution in [2.24, 2.45) is 0 Å². The summed E-state index contributed by atoms with van der Waals surface area (Å²) in [7, 11) is 0. The molecular formula is C22H29N3O. The molecule has 1 aromatic carbocycles. The molecule has 0 spiro atoms. The number of nitrogens with zero attached hydrogens (tertiary/aromatic N) is 3. The fourth-order valence-corrected chi connectivity index (χ4v) is 4.25. The third-order valence-corrected chi connectivity index (χ3v) is 5.61. The predicted molar refractivity (Wildman–Crippen MR) is 105 cm³/mol. The number of ether oxygens (including phenoxy) is 1. The third-order valence-electron chi connectivity index (χ3n) is 5.61. The van der Waals surface area contributed by atoms with Gasteiger partial charge in [0, 0.05) is 31.9 Å². The Balaban J connectivity index is 1.53. The van der Waals surface area contributed by atoms with Crippen molar-refractivity contribution in [3.63, 3.8) is 0 Å². The molecule has 4 heteroatoms. The van der Waals surface area contributed by atoms with Gasteiger partial charge in [0.05, 0.1) is 13.2 Å². The highest BCUT2D eigenvalue weighted by Gasteiger charge is 2.25. The van der Waals surface area contributed by atoms with Crippen molar-refractivity contribution in [2.45, 2.75) is 38.8 Å². The highest BCUT2D eigenvalue weighted by molar-refractivity contribution is 5.48. The zero-order valence-electron chi connectivity index (χ0n) is 15.7. The number of likely N-dealkylation sites (tertiary alicyclic amines) is 1. The number of aromatic nitrogens is 1. The molecule has 1 aromatic heterocycles. The van der Waals surface area contributed by atoms with Crippen LogP contribution in [0.2, 0.25) is 0 Å². The minimum Gasteiger partial charge on any atom is -0.378 e. The summed E-state index contributed by atoms with van der Waals surface area (Å²) in [6.07, 6.45) is 5.94. The molecule has 0 unspecified atom stereocenters. The molecule has 0 amide bonds. The van der Waals surface area contributed by atoms with Gasteiger partial charge >= 0.3 is 0 Å². The smallest absolute Gasteiger partial charge is 0.131 e. The molecule has 138 valence electrons. The summed E-state index contributed by atoms with van der Waals surface area (Å²) in [5.74, 6) is 1.13. The van der Waals surface area contributed by atoms with Crippen LogP contribution in [0.5, 0.6) is 0 Å². The molecule has 2 saturated heterocycles. The molecule has 0 radical (unpaired) electrons. The first-order chi connectivity index (χ1) is 12.8. The molecule has 26 heavy (non-hydrogen) atoms.